The highest BCUT2D eigenvalue weighted by Gasteiger charge is 2.23. The molecule has 0 aliphatic heterocycles. The van der Waals surface area contributed by atoms with Gasteiger partial charge in [-0.1, -0.05) is 13.8 Å². The standard InChI is InChI=1S/C12H15FN2O3/c1-6(2)10(11(14)17)15-12(18)8-4-3-7(16)5-9(8)13/h3-6,10,16H,1-2H3,(H2,14,17)(H,15,18). The first-order valence-corrected chi connectivity index (χ1v) is 5.41. The number of hydrogen-bond acceptors (Lipinski definition) is 3. The maximum absolute atomic E-state index is 13.4. The number of benzene rings is 1. The van der Waals surface area contributed by atoms with Crippen molar-refractivity contribution in [3.8, 4) is 5.75 Å². The maximum Gasteiger partial charge on any atom is 0.254 e. The molecule has 1 atom stereocenters. The van der Waals surface area contributed by atoms with Crippen LogP contribution in [0.3, 0.4) is 0 Å². The van der Waals surface area contributed by atoms with E-state index in [1.807, 2.05) is 0 Å². The molecule has 0 heterocycles. The molecule has 6 heteroatoms. The lowest BCUT2D eigenvalue weighted by molar-refractivity contribution is -0.120. The highest BCUT2D eigenvalue weighted by Crippen LogP contribution is 2.15. The van der Waals surface area contributed by atoms with E-state index in [9.17, 15) is 14.0 Å². The van der Waals surface area contributed by atoms with Gasteiger partial charge in [0.1, 0.15) is 17.6 Å². The van der Waals surface area contributed by atoms with Crippen molar-refractivity contribution in [3.05, 3.63) is 29.6 Å². The van der Waals surface area contributed by atoms with Crippen LogP contribution in [0.15, 0.2) is 18.2 Å². The molecule has 1 rings (SSSR count). The summed E-state index contributed by atoms with van der Waals surface area (Å²) in [7, 11) is 0. The molecular formula is C12H15FN2O3. The van der Waals surface area contributed by atoms with Crippen LogP contribution in [0.4, 0.5) is 4.39 Å². The zero-order valence-electron chi connectivity index (χ0n) is 10.1. The Kier molecular flexibility index (Phi) is 4.25. The van der Waals surface area contributed by atoms with Gasteiger partial charge in [0.05, 0.1) is 5.56 Å². The first-order chi connectivity index (χ1) is 8.32. The van der Waals surface area contributed by atoms with Crippen molar-refractivity contribution in [1.82, 2.24) is 5.32 Å². The number of phenols is 1. The SMILES string of the molecule is CC(C)C(NC(=O)c1ccc(O)cc1F)C(N)=O. The zero-order valence-corrected chi connectivity index (χ0v) is 10.1. The summed E-state index contributed by atoms with van der Waals surface area (Å²) >= 11 is 0. The van der Waals surface area contributed by atoms with Crippen LogP contribution in [-0.2, 0) is 4.79 Å². The van der Waals surface area contributed by atoms with E-state index in [2.05, 4.69) is 5.32 Å². The molecular weight excluding hydrogens is 239 g/mol. The molecule has 5 nitrogen and oxygen atoms in total. The normalized spacial score (nSPS) is 12.2. The molecule has 4 N–H and O–H groups in total. The smallest absolute Gasteiger partial charge is 0.254 e. The second kappa shape index (κ2) is 5.48. The van der Waals surface area contributed by atoms with E-state index in [0.29, 0.717) is 0 Å². The molecule has 0 spiro atoms. The lowest BCUT2D eigenvalue weighted by atomic mass is 10.0. The highest BCUT2D eigenvalue weighted by molar-refractivity contribution is 5.97. The third-order valence-electron chi connectivity index (χ3n) is 2.46. The Morgan fingerprint density at radius 1 is 1.39 bits per heavy atom. The predicted octanol–water partition coefficient (Wildman–Crippen LogP) is 0.771. The van der Waals surface area contributed by atoms with Crippen LogP contribution in [0.25, 0.3) is 0 Å². The summed E-state index contributed by atoms with van der Waals surface area (Å²) < 4.78 is 13.4. The average molecular weight is 254 g/mol. The minimum atomic E-state index is -0.870. The summed E-state index contributed by atoms with van der Waals surface area (Å²) in [5, 5.41) is 11.4. The quantitative estimate of drug-likeness (QED) is 0.741. The number of carbonyl (C=O) groups excluding carboxylic acids is 2. The Balaban J connectivity index is 2.91. The number of phenolic OH excluding ortho intramolecular Hbond substituents is 1. The molecule has 18 heavy (non-hydrogen) atoms. The zero-order chi connectivity index (χ0) is 13.9. The van der Waals surface area contributed by atoms with E-state index in [-0.39, 0.29) is 17.2 Å². The van der Waals surface area contributed by atoms with Gasteiger partial charge in [-0.25, -0.2) is 4.39 Å². The Hall–Kier alpha value is -2.11. The number of amides is 2. The van der Waals surface area contributed by atoms with Crippen LogP contribution in [-0.4, -0.2) is 23.0 Å². The summed E-state index contributed by atoms with van der Waals surface area (Å²) in [4.78, 5) is 22.9. The van der Waals surface area contributed by atoms with Gasteiger partial charge in [0.15, 0.2) is 0 Å². The number of carbonyl (C=O) groups is 2. The number of aromatic hydroxyl groups is 1. The van der Waals surface area contributed by atoms with Crippen LogP contribution in [0, 0.1) is 11.7 Å². The van der Waals surface area contributed by atoms with Crippen LogP contribution in [0.5, 0.6) is 5.75 Å². The van der Waals surface area contributed by atoms with Gasteiger partial charge in [0, 0.05) is 6.07 Å². The van der Waals surface area contributed by atoms with Crippen LogP contribution in [0.1, 0.15) is 24.2 Å². The Bertz CT molecular complexity index is 474. The van der Waals surface area contributed by atoms with Crippen molar-refractivity contribution in [2.45, 2.75) is 19.9 Å². The molecule has 0 saturated heterocycles. The van der Waals surface area contributed by atoms with E-state index in [4.69, 9.17) is 10.8 Å². The molecule has 0 fully saturated rings. The molecule has 1 aromatic rings. The topological polar surface area (TPSA) is 92.4 Å². The summed E-state index contributed by atoms with van der Waals surface area (Å²) in [5.41, 5.74) is 4.89. The molecule has 0 aliphatic carbocycles. The molecule has 0 aliphatic rings. The first kappa shape index (κ1) is 14.0. The molecule has 0 aromatic heterocycles. The Morgan fingerprint density at radius 3 is 2.44 bits per heavy atom. The van der Waals surface area contributed by atoms with Crippen molar-refractivity contribution in [2.75, 3.05) is 0 Å². The predicted molar refractivity (Wildman–Crippen MR) is 63.4 cm³/mol. The van der Waals surface area contributed by atoms with E-state index < -0.39 is 23.7 Å². The lowest BCUT2D eigenvalue weighted by Crippen LogP contribution is -2.47. The van der Waals surface area contributed by atoms with Crippen molar-refractivity contribution in [3.63, 3.8) is 0 Å². The van der Waals surface area contributed by atoms with Crippen LogP contribution in [0.2, 0.25) is 0 Å². The Labute approximate surface area is 104 Å². The number of primary amides is 1. The van der Waals surface area contributed by atoms with E-state index in [1.54, 1.807) is 13.8 Å². The molecule has 0 saturated carbocycles. The monoisotopic (exact) mass is 254 g/mol. The third kappa shape index (κ3) is 3.19. The fourth-order valence-electron chi connectivity index (χ4n) is 1.47. The fraction of sp³-hybridized carbons (Fsp3) is 0.333. The van der Waals surface area contributed by atoms with Gasteiger partial charge in [0.2, 0.25) is 5.91 Å². The fourth-order valence-corrected chi connectivity index (χ4v) is 1.47. The first-order valence-electron chi connectivity index (χ1n) is 5.41. The minimum Gasteiger partial charge on any atom is -0.508 e. The van der Waals surface area contributed by atoms with Crippen molar-refractivity contribution in [1.29, 1.82) is 0 Å². The van der Waals surface area contributed by atoms with Crippen LogP contribution < -0.4 is 11.1 Å². The summed E-state index contributed by atoms with van der Waals surface area (Å²) in [6.45, 7) is 3.42. The van der Waals surface area contributed by atoms with E-state index in [1.165, 1.54) is 6.07 Å². The number of halogens is 1. The second-order valence-electron chi connectivity index (χ2n) is 4.26. The van der Waals surface area contributed by atoms with E-state index >= 15 is 0 Å². The van der Waals surface area contributed by atoms with Gasteiger partial charge in [-0.3, -0.25) is 9.59 Å². The van der Waals surface area contributed by atoms with Gasteiger partial charge in [-0.2, -0.15) is 0 Å². The second-order valence-corrected chi connectivity index (χ2v) is 4.26. The largest absolute Gasteiger partial charge is 0.508 e. The van der Waals surface area contributed by atoms with Gasteiger partial charge >= 0.3 is 0 Å². The van der Waals surface area contributed by atoms with Crippen molar-refractivity contribution in [2.24, 2.45) is 11.7 Å². The molecule has 98 valence electrons. The molecule has 0 bridgehead atoms. The maximum atomic E-state index is 13.4. The summed E-state index contributed by atoms with van der Waals surface area (Å²) in [5.74, 6) is -2.77. The number of nitrogens with two attached hydrogens (primary N) is 1. The van der Waals surface area contributed by atoms with Gasteiger partial charge in [0.25, 0.3) is 5.91 Å². The highest BCUT2D eigenvalue weighted by atomic mass is 19.1. The minimum absolute atomic E-state index is 0.202. The summed E-state index contributed by atoms with van der Waals surface area (Å²) in [6.07, 6.45) is 0. The van der Waals surface area contributed by atoms with Gasteiger partial charge < -0.3 is 16.2 Å². The molecule has 1 aromatic carbocycles. The molecule has 0 radical (unpaired) electrons. The van der Waals surface area contributed by atoms with Crippen molar-refractivity contribution >= 4 is 11.8 Å². The number of hydrogen-bond donors (Lipinski definition) is 3. The van der Waals surface area contributed by atoms with Crippen molar-refractivity contribution < 1.29 is 19.1 Å². The van der Waals surface area contributed by atoms with Crippen LogP contribution >= 0.6 is 0 Å². The molecule has 1 unspecified atom stereocenters. The molecule has 2 amide bonds. The van der Waals surface area contributed by atoms with Gasteiger partial charge in [-0.15, -0.1) is 0 Å². The number of nitrogens with one attached hydrogen (secondary N) is 1. The van der Waals surface area contributed by atoms with Gasteiger partial charge in [-0.05, 0) is 18.1 Å². The number of rotatable bonds is 4. The summed E-state index contributed by atoms with van der Waals surface area (Å²) in [6, 6.07) is 2.28. The lowest BCUT2D eigenvalue weighted by Gasteiger charge is -2.19. The third-order valence-corrected chi connectivity index (χ3v) is 2.46. The average Bonchev–Trinajstić information content (AvgIpc) is 2.24. The Morgan fingerprint density at radius 2 is 2.00 bits per heavy atom. The van der Waals surface area contributed by atoms with E-state index in [0.717, 1.165) is 12.1 Å².